The van der Waals surface area contributed by atoms with E-state index < -0.39 is 0 Å². The van der Waals surface area contributed by atoms with Crippen molar-refractivity contribution in [1.82, 2.24) is 0 Å². The van der Waals surface area contributed by atoms with Gasteiger partial charge in [0, 0.05) is 5.56 Å². The Bertz CT molecular complexity index is 620. The number of hydrogen-bond donors (Lipinski definition) is 1. The summed E-state index contributed by atoms with van der Waals surface area (Å²) in [6.07, 6.45) is 3.77. The monoisotopic (exact) mass is 275 g/mol. The van der Waals surface area contributed by atoms with Crippen molar-refractivity contribution in [2.24, 2.45) is 0 Å². The minimum absolute atomic E-state index is 0.268. The second-order valence-electron chi connectivity index (χ2n) is 5.10. The number of nitrogens with two attached hydrogens (primary N) is 1. The minimum Gasteiger partial charge on any atom is -0.397 e. The number of benzene rings is 2. The van der Waals surface area contributed by atoms with Gasteiger partial charge in [-0.1, -0.05) is 42.3 Å². The van der Waals surface area contributed by atoms with Crippen molar-refractivity contribution >= 4 is 17.3 Å². The zero-order valence-electron chi connectivity index (χ0n) is 10.5. The Labute approximate surface area is 117 Å². The highest BCUT2D eigenvalue weighted by atomic mass is 35.5. The lowest BCUT2D eigenvalue weighted by Gasteiger charge is -2.26. The number of rotatable bonds is 2. The Morgan fingerprint density at radius 2 is 1.95 bits per heavy atom. The standard InChI is InChI=1S/C16H15ClFN/c17-15-9-13(18)8-14(16(15)19)12-6-2-5-11(7-12)10-3-1-4-10/h2,5-10H,1,3-4,19H2. The van der Waals surface area contributed by atoms with Gasteiger partial charge in [0.25, 0.3) is 0 Å². The summed E-state index contributed by atoms with van der Waals surface area (Å²) in [5.74, 6) is 0.286. The summed E-state index contributed by atoms with van der Waals surface area (Å²) in [6.45, 7) is 0. The van der Waals surface area contributed by atoms with Crippen LogP contribution in [0.1, 0.15) is 30.7 Å². The van der Waals surface area contributed by atoms with Gasteiger partial charge in [0.05, 0.1) is 10.7 Å². The smallest absolute Gasteiger partial charge is 0.125 e. The Balaban J connectivity index is 2.06. The third kappa shape index (κ3) is 2.33. The molecule has 3 heteroatoms. The third-order valence-electron chi connectivity index (χ3n) is 3.87. The molecule has 1 fully saturated rings. The first kappa shape index (κ1) is 12.5. The first-order valence-corrected chi connectivity index (χ1v) is 6.88. The third-order valence-corrected chi connectivity index (χ3v) is 4.18. The van der Waals surface area contributed by atoms with E-state index in [2.05, 4.69) is 12.1 Å². The zero-order valence-corrected chi connectivity index (χ0v) is 11.3. The molecule has 2 aromatic carbocycles. The summed E-state index contributed by atoms with van der Waals surface area (Å²) in [5.41, 5.74) is 9.31. The van der Waals surface area contributed by atoms with Gasteiger partial charge in [-0.05, 0) is 42.0 Å². The molecule has 0 heterocycles. The highest BCUT2D eigenvalue weighted by Gasteiger charge is 2.20. The summed E-state index contributed by atoms with van der Waals surface area (Å²) in [5, 5.41) is 0.268. The maximum absolute atomic E-state index is 13.5. The van der Waals surface area contributed by atoms with Crippen molar-refractivity contribution in [3.05, 3.63) is 52.8 Å². The van der Waals surface area contributed by atoms with Crippen LogP contribution in [-0.4, -0.2) is 0 Å². The van der Waals surface area contributed by atoms with E-state index in [1.165, 1.54) is 37.0 Å². The first-order chi connectivity index (χ1) is 9.15. The summed E-state index contributed by atoms with van der Waals surface area (Å²) in [7, 11) is 0. The molecule has 19 heavy (non-hydrogen) atoms. The van der Waals surface area contributed by atoms with E-state index in [1.54, 1.807) is 0 Å². The quantitative estimate of drug-likeness (QED) is 0.767. The molecule has 0 atom stereocenters. The van der Waals surface area contributed by atoms with Crippen LogP contribution in [0, 0.1) is 5.82 Å². The maximum Gasteiger partial charge on any atom is 0.125 e. The molecule has 0 aliphatic heterocycles. The molecular formula is C16H15ClFN. The summed E-state index contributed by atoms with van der Waals surface area (Å²) < 4.78 is 13.5. The van der Waals surface area contributed by atoms with Gasteiger partial charge in [0.2, 0.25) is 0 Å². The normalized spacial score (nSPS) is 15.3. The molecule has 1 saturated carbocycles. The lowest BCUT2D eigenvalue weighted by Crippen LogP contribution is -2.08. The van der Waals surface area contributed by atoms with E-state index in [1.807, 2.05) is 12.1 Å². The molecule has 1 aliphatic rings. The van der Waals surface area contributed by atoms with Gasteiger partial charge in [0.1, 0.15) is 5.82 Å². The van der Waals surface area contributed by atoms with Crippen LogP contribution in [0.15, 0.2) is 36.4 Å². The topological polar surface area (TPSA) is 26.0 Å². The van der Waals surface area contributed by atoms with E-state index in [4.69, 9.17) is 17.3 Å². The number of halogens is 2. The van der Waals surface area contributed by atoms with Crippen LogP contribution in [0.25, 0.3) is 11.1 Å². The molecule has 0 saturated heterocycles. The van der Waals surface area contributed by atoms with Gasteiger partial charge in [-0.2, -0.15) is 0 Å². The number of nitrogen functional groups attached to an aromatic ring is 1. The molecule has 0 radical (unpaired) electrons. The Kier molecular flexibility index (Phi) is 3.19. The fourth-order valence-corrected chi connectivity index (χ4v) is 2.73. The van der Waals surface area contributed by atoms with Crippen LogP contribution in [0.5, 0.6) is 0 Å². The average molecular weight is 276 g/mol. The van der Waals surface area contributed by atoms with E-state index in [-0.39, 0.29) is 10.8 Å². The van der Waals surface area contributed by atoms with E-state index >= 15 is 0 Å². The fraction of sp³-hybridized carbons (Fsp3) is 0.250. The molecule has 0 unspecified atom stereocenters. The summed E-state index contributed by atoms with van der Waals surface area (Å²) in [4.78, 5) is 0. The molecule has 0 bridgehead atoms. The maximum atomic E-state index is 13.5. The van der Waals surface area contributed by atoms with Crippen LogP contribution in [0.2, 0.25) is 5.02 Å². The van der Waals surface area contributed by atoms with Crippen LogP contribution in [0.4, 0.5) is 10.1 Å². The molecule has 0 spiro atoms. The molecule has 2 N–H and O–H groups in total. The molecule has 2 aromatic rings. The number of hydrogen-bond acceptors (Lipinski definition) is 1. The Morgan fingerprint density at radius 1 is 1.16 bits per heavy atom. The largest absolute Gasteiger partial charge is 0.397 e. The SMILES string of the molecule is Nc1c(Cl)cc(F)cc1-c1cccc(C2CCC2)c1. The zero-order chi connectivity index (χ0) is 13.4. The van der Waals surface area contributed by atoms with Crippen molar-refractivity contribution in [3.8, 4) is 11.1 Å². The second-order valence-corrected chi connectivity index (χ2v) is 5.51. The van der Waals surface area contributed by atoms with Crippen molar-refractivity contribution < 1.29 is 4.39 Å². The van der Waals surface area contributed by atoms with Crippen molar-refractivity contribution in [1.29, 1.82) is 0 Å². The molecule has 0 aromatic heterocycles. The molecule has 1 aliphatic carbocycles. The van der Waals surface area contributed by atoms with Crippen molar-refractivity contribution in [3.63, 3.8) is 0 Å². The summed E-state index contributed by atoms with van der Waals surface area (Å²) >= 11 is 5.94. The van der Waals surface area contributed by atoms with Gasteiger partial charge in [-0.25, -0.2) is 4.39 Å². The van der Waals surface area contributed by atoms with Crippen molar-refractivity contribution in [2.45, 2.75) is 25.2 Å². The highest BCUT2D eigenvalue weighted by molar-refractivity contribution is 6.33. The van der Waals surface area contributed by atoms with E-state index in [0.29, 0.717) is 17.2 Å². The minimum atomic E-state index is -0.358. The fourth-order valence-electron chi connectivity index (χ4n) is 2.53. The predicted molar refractivity (Wildman–Crippen MR) is 77.9 cm³/mol. The number of anilines is 1. The Hall–Kier alpha value is -1.54. The Morgan fingerprint density at radius 3 is 2.63 bits per heavy atom. The lowest BCUT2D eigenvalue weighted by molar-refractivity contribution is 0.420. The van der Waals surface area contributed by atoms with Gasteiger partial charge >= 0.3 is 0 Å². The van der Waals surface area contributed by atoms with Crippen LogP contribution >= 0.6 is 11.6 Å². The van der Waals surface area contributed by atoms with Crippen LogP contribution in [0.3, 0.4) is 0 Å². The second kappa shape index (κ2) is 4.86. The highest BCUT2D eigenvalue weighted by Crippen LogP contribution is 2.39. The molecule has 98 valence electrons. The van der Waals surface area contributed by atoms with E-state index in [0.717, 1.165) is 5.56 Å². The molecule has 3 rings (SSSR count). The molecular weight excluding hydrogens is 261 g/mol. The molecule has 0 amide bonds. The molecule has 1 nitrogen and oxygen atoms in total. The lowest BCUT2D eigenvalue weighted by atomic mass is 9.79. The predicted octanol–water partition coefficient (Wildman–Crippen LogP) is 5.00. The van der Waals surface area contributed by atoms with Crippen LogP contribution < -0.4 is 5.73 Å². The summed E-state index contributed by atoms with van der Waals surface area (Å²) in [6, 6.07) is 10.9. The van der Waals surface area contributed by atoms with Gasteiger partial charge in [-0.3, -0.25) is 0 Å². The first-order valence-electron chi connectivity index (χ1n) is 6.50. The van der Waals surface area contributed by atoms with Crippen LogP contribution in [-0.2, 0) is 0 Å². The van der Waals surface area contributed by atoms with E-state index in [9.17, 15) is 4.39 Å². The average Bonchev–Trinajstić information content (AvgIpc) is 2.32. The van der Waals surface area contributed by atoms with Gasteiger partial charge in [-0.15, -0.1) is 0 Å². The van der Waals surface area contributed by atoms with Gasteiger partial charge in [0.15, 0.2) is 0 Å². The van der Waals surface area contributed by atoms with Crippen molar-refractivity contribution in [2.75, 3.05) is 5.73 Å². The van der Waals surface area contributed by atoms with Gasteiger partial charge < -0.3 is 5.73 Å².